The van der Waals surface area contributed by atoms with E-state index in [0.717, 1.165) is 5.56 Å². The predicted molar refractivity (Wildman–Crippen MR) is 65.1 cm³/mol. The molecule has 17 heavy (non-hydrogen) atoms. The Hall–Kier alpha value is -1.90. The average molecular weight is 226 g/mol. The molecule has 0 amide bonds. The lowest BCUT2D eigenvalue weighted by Gasteiger charge is -2.25. The maximum absolute atomic E-state index is 12.1. The number of imidazole rings is 1. The molecule has 86 valence electrons. The van der Waals surface area contributed by atoms with Crippen LogP contribution in [-0.4, -0.2) is 15.8 Å². The Labute approximate surface area is 99.9 Å². The molecule has 1 heterocycles. The largest absolute Gasteiger partial charge is 0.342 e. The van der Waals surface area contributed by atoms with E-state index in [4.69, 9.17) is 0 Å². The molecule has 0 unspecified atom stereocenters. The lowest BCUT2D eigenvalue weighted by molar-refractivity contribution is 0.103. The van der Waals surface area contributed by atoms with Crippen molar-refractivity contribution < 1.29 is 4.79 Å². The molecule has 1 N–H and O–H groups in total. The van der Waals surface area contributed by atoms with Crippen molar-refractivity contribution >= 4 is 5.78 Å². The molecule has 2 aromatic rings. The number of carbonyl (C=O) groups excluding carboxylic acids is 1. The summed E-state index contributed by atoms with van der Waals surface area (Å²) in [5.41, 5.74) is 2.01. The molecule has 1 fully saturated rings. The first kappa shape index (κ1) is 10.3. The van der Waals surface area contributed by atoms with Crippen LogP contribution in [0.2, 0.25) is 0 Å². The van der Waals surface area contributed by atoms with Gasteiger partial charge in [0, 0.05) is 18.0 Å². The smallest absolute Gasteiger partial charge is 0.228 e. The van der Waals surface area contributed by atoms with Crippen LogP contribution in [0.5, 0.6) is 0 Å². The van der Waals surface area contributed by atoms with Gasteiger partial charge in [-0.25, -0.2) is 4.98 Å². The van der Waals surface area contributed by atoms with E-state index >= 15 is 0 Å². The third-order valence-electron chi connectivity index (χ3n) is 3.44. The lowest BCUT2D eigenvalue weighted by atomic mass is 9.79. The van der Waals surface area contributed by atoms with Crippen molar-refractivity contribution in [2.45, 2.75) is 25.2 Å². The zero-order valence-corrected chi connectivity index (χ0v) is 9.52. The molecule has 0 saturated heterocycles. The molecule has 0 atom stereocenters. The highest BCUT2D eigenvalue weighted by Gasteiger charge is 2.20. The minimum Gasteiger partial charge on any atom is -0.342 e. The highest BCUT2D eigenvalue weighted by Crippen LogP contribution is 2.36. The number of H-pyrrole nitrogens is 1. The minimum atomic E-state index is -0.0313. The molecule has 1 aromatic carbocycles. The number of hydrogen-bond acceptors (Lipinski definition) is 2. The van der Waals surface area contributed by atoms with Gasteiger partial charge >= 0.3 is 0 Å². The van der Waals surface area contributed by atoms with Gasteiger partial charge in [0.1, 0.15) is 0 Å². The van der Waals surface area contributed by atoms with E-state index in [2.05, 4.69) is 16.0 Å². The molecule has 0 bridgehead atoms. The third kappa shape index (κ3) is 1.88. The number of benzene rings is 1. The molecule has 1 aliphatic rings. The summed E-state index contributed by atoms with van der Waals surface area (Å²) >= 11 is 0. The maximum atomic E-state index is 12.1. The highest BCUT2D eigenvalue weighted by atomic mass is 16.1. The second kappa shape index (κ2) is 4.17. The zero-order chi connectivity index (χ0) is 11.7. The Balaban J connectivity index is 1.90. The molecule has 0 spiro atoms. The Morgan fingerprint density at radius 3 is 2.88 bits per heavy atom. The SMILES string of the molecule is O=C(c1cccc(C2CCC2)c1)c1ncc[nH]1. The van der Waals surface area contributed by atoms with Crippen molar-refractivity contribution in [1.29, 1.82) is 0 Å². The molecule has 3 heteroatoms. The summed E-state index contributed by atoms with van der Waals surface area (Å²) in [6, 6.07) is 7.94. The van der Waals surface area contributed by atoms with Gasteiger partial charge < -0.3 is 4.98 Å². The van der Waals surface area contributed by atoms with E-state index in [1.165, 1.54) is 24.8 Å². The van der Waals surface area contributed by atoms with Crippen molar-refractivity contribution in [2.75, 3.05) is 0 Å². The summed E-state index contributed by atoms with van der Waals surface area (Å²) in [4.78, 5) is 18.9. The van der Waals surface area contributed by atoms with E-state index in [1.54, 1.807) is 12.4 Å². The zero-order valence-electron chi connectivity index (χ0n) is 9.52. The highest BCUT2D eigenvalue weighted by molar-refractivity contribution is 6.06. The van der Waals surface area contributed by atoms with Crippen LogP contribution in [0, 0.1) is 0 Å². The van der Waals surface area contributed by atoms with Crippen molar-refractivity contribution in [3.05, 3.63) is 53.6 Å². The fraction of sp³-hybridized carbons (Fsp3) is 0.286. The molecule has 0 aliphatic heterocycles. The number of carbonyl (C=O) groups is 1. The number of aromatic amines is 1. The van der Waals surface area contributed by atoms with Gasteiger partial charge in [-0.05, 0) is 30.4 Å². The van der Waals surface area contributed by atoms with Crippen molar-refractivity contribution in [3.63, 3.8) is 0 Å². The third-order valence-corrected chi connectivity index (χ3v) is 3.44. The summed E-state index contributed by atoms with van der Waals surface area (Å²) in [5, 5.41) is 0. The van der Waals surface area contributed by atoms with Gasteiger partial charge in [0.15, 0.2) is 5.82 Å². The van der Waals surface area contributed by atoms with Crippen LogP contribution in [0.15, 0.2) is 36.7 Å². The summed E-state index contributed by atoms with van der Waals surface area (Å²) < 4.78 is 0. The van der Waals surface area contributed by atoms with E-state index in [9.17, 15) is 4.79 Å². The van der Waals surface area contributed by atoms with Gasteiger partial charge in [-0.2, -0.15) is 0 Å². The quantitative estimate of drug-likeness (QED) is 0.818. The molecule has 3 nitrogen and oxygen atoms in total. The molecule has 0 radical (unpaired) electrons. The number of hydrogen-bond donors (Lipinski definition) is 1. The molecule has 1 aromatic heterocycles. The minimum absolute atomic E-state index is 0.0313. The van der Waals surface area contributed by atoms with Gasteiger partial charge in [-0.1, -0.05) is 24.6 Å². The average Bonchev–Trinajstić information content (AvgIpc) is 2.79. The second-order valence-corrected chi connectivity index (χ2v) is 4.52. The summed E-state index contributed by atoms with van der Waals surface area (Å²) in [7, 11) is 0. The fourth-order valence-electron chi connectivity index (χ4n) is 2.20. The van der Waals surface area contributed by atoms with Gasteiger partial charge in [0.05, 0.1) is 0 Å². The Kier molecular flexibility index (Phi) is 2.52. The normalized spacial score (nSPS) is 15.5. The molecule has 3 rings (SSSR count). The van der Waals surface area contributed by atoms with Crippen LogP contribution in [0.3, 0.4) is 0 Å². The Bertz CT molecular complexity index is 527. The number of aromatic nitrogens is 2. The van der Waals surface area contributed by atoms with Crippen LogP contribution in [-0.2, 0) is 0 Å². The van der Waals surface area contributed by atoms with Crippen LogP contribution in [0.4, 0.5) is 0 Å². The monoisotopic (exact) mass is 226 g/mol. The van der Waals surface area contributed by atoms with Crippen LogP contribution < -0.4 is 0 Å². The number of rotatable bonds is 3. The van der Waals surface area contributed by atoms with E-state index in [-0.39, 0.29) is 5.78 Å². The van der Waals surface area contributed by atoms with Gasteiger partial charge in [0.25, 0.3) is 0 Å². The van der Waals surface area contributed by atoms with Crippen LogP contribution in [0.25, 0.3) is 0 Å². The van der Waals surface area contributed by atoms with E-state index in [1.807, 2.05) is 18.2 Å². The lowest BCUT2D eigenvalue weighted by Crippen LogP contribution is -2.10. The van der Waals surface area contributed by atoms with E-state index < -0.39 is 0 Å². The maximum Gasteiger partial charge on any atom is 0.228 e. The van der Waals surface area contributed by atoms with Crippen molar-refractivity contribution in [3.8, 4) is 0 Å². The van der Waals surface area contributed by atoms with Crippen molar-refractivity contribution in [1.82, 2.24) is 9.97 Å². The molecular weight excluding hydrogens is 212 g/mol. The van der Waals surface area contributed by atoms with E-state index in [0.29, 0.717) is 11.7 Å². The van der Waals surface area contributed by atoms with Crippen molar-refractivity contribution in [2.24, 2.45) is 0 Å². The summed E-state index contributed by atoms with van der Waals surface area (Å²) in [6.07, 6.45) is 7.07. The topological polar surface area (TPSA) is 45.8 Å². The van der Waals surface area contributed by atoms with Crippen LogP contribution >= 0.6 is 0 Å². The van der Waals surface area contributed by atoms with Gasteiger partial charge in [-0.3, -0.25) is 4.79 Å². The molecular formula is C14H14N2O. The Morgan fingerprint density at radius 2 is 2.24 bits per heavy atom. The number of nitrogens with one attached hydrogen (secondary N) is 1. The molecule has 1 aliphatic carbocycles. The first-order chi connectivity index (χ1) is 8.34. The standard InChI is InChI=1S/C14H14N2O/c17-13(14-15-7-8-16-14)12-6-2-5-11(9-12)10-3-1-4-10/h2,5-10H,1,3-4H2,(H,15,16). The van der Waals surface area contributed by atoms with Gasteiger partial charge in [0.2, 0.25) is 5.78 Å². The predicted octanol–water partition coefficient (Wildman–Crippen LogP) is 2.91. The number of nitrogens with zero attached hydrogens (tertiary/aromatic N) is 1. The second-order valence-electron chi connectivity index (χ2n) is 4.52. The molecule has 1 saturated carbocycles. The Morgan fingerprint density at radius 1 is 1.35 bits per heavy atom. The van der Waals surface area contributed by atoms with Crippen LogP contribution in [0.1, 0.15) is 46.9 Å². The fourth-order valence-corrected chi connectivity index (χ4v) is 2.20. The summed E-state index contributed by atoms with van der Waals surface area (Å²) in [6.45, 7) is 0. The first-order valence-electron chi connectivity index (χ1n) is 5.98. The number of ketones is 1. The van der Waals surface area contributed by atoms with Gasteiger partial charge in [-0.15, -0.1) is 0 Å². The first-order valence-corrected chi connectivity index (χ1v) is 5.98. The summed E-state index contributed by atoms with van der Waals surface area (Å²) in [5.74, 6) is 1.03.